The Morgan fingerprint density at radius 3 is 2.36 bits per heavy atom. The first kappa shape index (κ1) is 9.34. The number of hydrogen-bond acceptors (Lipinski definition) is 3. The lowest BCUT2D eigenvalue weighted by atomic mass is 9.91. The first-order chi connectivity index (χ1) is 6.63. The van der Waals surface area contributed by atoms with Crippen LogP contribution in [0.4, 0.5) is 0 Å². The third kappa shape index (κ3) is 1.34. The van der Waals surface area contributed by atoms with Crippen molar-refractivity contribution in [2.75, 3.05) is 0 Å². The van der Waals surface area contributed by atoms with E-state index in [0.717, 1.165) is 12.8 Å². The van der Waals surface area contributed by atoms with Crippen molar-refractivity contribution in [3.05, 3.63) is 23.8 Å². The molecular weight excluding hydrogens is 180 g/mol. The van der Waals surface area contributed by atoms with Crippen LogP contribution in [0.2, 0.25) is 0 Å². The molecule has 14 heavy (non-hydrogen) atoms. The molecule has 3 nitrogen and oxygen atoms in total. The number of phenolic OH excluding ortho intramolecular Hbond substituents is 2. The van der Waals surface area contributed by atoms with Crippen LogP contribution < -0.4 is 0 Å². The summed E-state index contributed by atoms with van der Waals surface area (Å²) >= 11 is 0. The molecule has 0 aliphatic heterocycles. The molecule has 1 saturated carbocycles. The average Bonchev–Trinajstić information content (AvgIpc) is 2.58. The van der Waals surface area contributed by atoms with Gasteiger partial charge in [-0.05, 0) is 18.9 Å². The maximum Gasteiger partial charge on any atom is 0.163 e. The van der Waals surface area contributed by atoms with E-state index in [-0.39, 0.29) is 11.5 Å². The summed E-state index contributed by atoms with van der Waals surface area (Å²) in [6, 6.07) is 4.72. The third-order valence-electron chi connectivity index (χ3n) is 2.95. The highest BCUT2D eigenvalue weighted by atomic mass is 16.3. The lowest BCUT2D eigenvalue weighted by molar-refractivity contribution is 0.0417. The molecule has 0 radical (unpaired) electrons. The van der Waals surface area contributed by atoms with E-state index in [2.05, 4.69) is 0 Å². The fraction of sp³-hybridized carbons (Fsp3) is 0.455. The number of para-hydroxylation sites is 1. The fourth-order valence-corrected chi connectivity index (χ4v) is 2.14. The molecule has 0 heterocycles. The van der Waals surface area contributed by atoms with Crippen molar-refractivity contribution < 1.29 is 15.3 Å². The minimum atomic E-state index is -0.942. The molecule has 0 amide bonds. The van der Waals surface area contributed by atoms with E-state index in [1.165, 1.54) is 6.07 Å². The fourth-order valence-electron chi connectivity index (χ4n) is 2.14. The van der Waals surface area contributed by atoms with Crippen molar-refractivity contribution in [3.63, 3.8) is 0 Å². The third-order valence-corrected chi connectivity index (χ3v) is 2.95. The van der Waals surface area contributed by atoms with Crippen molar-refractivity contribution in [2.24, 2.45) is 0 Å². The number of hydrogen-bond donors (Lipinski definition) is 3. The largest absolute Gasteiger partial charge is 0.504 e. The molecule has 0 unspecified atom stereocenters. The predicted octanol–water partition coefficient (Wildman–Crippen LogP) is 1.86. The van der Waals surface area contributed by atoms with Gasteiger partial charge in [0.25, 0.3) is 0 Å². The molecule has 0 spiro atoms. The Morgan fingerprint density at radius 1 is 1.07 bits per heavy atom. The molecule has 76 valence electrons. The van der Waals surface area contributed by atoms with Crippen LogP contribution in [0, 0.1) is 0 Å². The molecule has 1 aliphatic carbocycles. The van der Waals surface area contributed by atoms with Crippen molar-refractivity contribution >= 4 is 0 Å². The normalized spacial score (nSPS) is 19.8. The summed E-state index contributed by atoms with van der Waals surface area (Å²) in [5.74, 6) is -0.347. The lowest BCUT2D eigenvalue weighted by Gasteiger charge is -2.23. The number of aromatic hydroxyl groups is 2. The monoisotopic (exact) mass is 194 g/mol. The van der Waals surface area contributed by atoms with Gasteiger partial charge in [-0.2, -0.15) is 0 Å². The van der Waals surface area contributed by atoms with Gasteiger partial charge in [-0.1, -0.05) is 25.0 Å². The summed E-state index contributed by atoms with van der Waals surface area (Å²) in [4.78, 5) is 0. The topological polar surface area (TPSA) is 60.7 Å². The molecule has 1 aliphatic rings. The second kappa shape index (κ2) is 3.17. The summed E-state index contributed by atoms with van der Waals surface area (Å²) < 4.78 is 0. The van der Waals surface area contributed by atoms with Crippen molar-refractivity contribution in [3.8, 4) is 11.5 Å². The van der Waals surface area contributed by atoms with Gasteiger partial charge >= 0.3 is 0 Å². The van der Waals surface area contributed by atoms with E-state index >= 15 is 0 Å². The van der Waals surface area contributed by atoms with Crippen LogP contribution in [0.3, 0.4) is 0 Å². The van der Waals surface area contributed by atoms with Crippen molar-refractivity contribution in [2.45, 2.75) is 31.3 Å². The van der Waals surface area contributed by atoms with E-state index < -0.39 is 5.60 Å². The summed E-state index contributed by atoms with van der Waals surface area (Å²) in [6.45, 7) is 0. The molecule has 2 rings (SSSR count). The van der Waals surface area contributed by atoms with Crippen LogP contribution in [-0.2, 0) is 5.60 Å². The van der Waals surface area contributed by atoms with Gasteiger partial charge in [0.15, 0.2) is 11.5 Å². The second-order valence-electron chi connectivity index (χ2n) is 3.91. The Labute approximate surface area is 82.6 Å². The Morgan fingerprint density at radius 2 is 1.71 bits per heavy atom. The van der Waals surface area contributed by atoms with Gasteiger partial charge in [-0.15, -0.1) is 0 Å². The highest BCUT2D eigenvalue weighted by Crippen LogP contribution is 2.44. The van der Waals surface area contributed by atoms with Gasteiger partial charge in [0.2, 0.25) is 0 Å². The van der Waals surface area contributed by atoms with Crippen LogP contribution in [0.5, 0.6) is 11.5 Å². The van der Waals surface area contributed by atoms with E-state index in [0.29, 0.717) is 18.4 Å². The minimum absolute atomic E-state index is 0.164. The second-order valence-corrected chi connectivity index (χ2v) is 3.91. The molecule has 3 heteroatoms. The molecule has 0 atom stereocenters. The first-order valence-electron chi connectivity index (χ1n) is 4.87. The number of benzene rings is 1. The maximum absolute atomic E-state index is 10.2. The van der Waals surface area contributed by atoms with E-state index in [1.54, 1.807) is 12.1 Å². The molecule has 1 fully saturated rings. The van der Waals surface area contributed by atoms with Gasteiger partial charge in [-0.3, -0.25) is 0 Å². The summed E-state index contributed by atoms with van der Waals surface area (Å²) in [6.07, 6.45) is 3.24. The van der Waals surface area contributed by atoms with Gasteiger partial charge in [-0.25, -0.2) is 0 Å². The predicted molar refractivity (Wildman–Crippen MR) is 52.1 cm³/mol. The van der Waals surface area contributed by atoms with Crippen LogP contribution in [-0.4, -0.2) is 15.3 Å². The first-order valence-corrected chi connectivity index (χ1v) is 4.87. The average molecular weight is 194 g/mol. The quantitative estimate of drug-likeness (QED) is 0.598. The summed E-state index contributed by atoms with van der Waals surface area (Å²) in [5.41, 5.74) is -0.488. The van der Waals surface area contributed by atoms with Gasteiger partial charge < -0.3 is 15.3 Å². The summed E-state index contributed by atoms with van der Waals surface area (Å²) in [7, 11) is 0. The van der Waals surface area contributed by atoms with Crippen LogP contribution in [0.1, 0.15) is 31.2 Å². The zero-order valence-corrected chi connectivity index (χ0v) is 7.90. The van der Waals surface area contributed by atoms with E-state index in [1.807, 2.05) is 0 Å². The highest BCUT2D eigenvalue weighted by Gasteiger charge is 2.35. The Balaban J connectivity index is 2.45. The molecule has 0 saturated heterocycles. The lowest BCUT2D eigenvalue weighted by Crippen LogP contribution is -2.20. The number of phenols is 2. The van der Waals surface area contributed by atoms with Gasteiger partial charge in [0.1, 0.15) is 0 Å². The molecule has 1 aromatic rings. The van der Waals surface area contributed by atoms with E-state index in [4.69, 9.17) is 0 Å². The molecule has 0 bridgehead atoms. The van der Waals surface area contributed by atoms with Gasteiger partial charge in [0.05, 0.1) is 5.60 Å². The Bertz CT molecular complexity index is 340. The number of aliphatic hydroxyl groups is 1. The SMILES string of the molecule is Oc1cccc(C2(O)CCCC2)c1O. The van der Waals surface area contributed by atoms with Crippen molar-refractivity contribution in [1.29, 1.82) is 0 Å². The van der Waals surface area contributed by atoms with E-state index in [9.17, 15) is 15.3 Å². The molecule has 1 aromatic carbocycles. The van der Waals surface area contributed by atoms with Crippen molar-refractivity contribution in [1.82, 2.24) is 0 Å². The summed E-state index contributed by atoms with van der Waals surface area (Å²) in [5, 5.41) is 29.1. The van der Waals surface area contributed by atoms with Gasteiger partial charge in [0, 0.05) is 5.56 Å². The Hall–Kier alpha value is -1.22. The molecular formula is C11H14O3. The minimum Gasteiger partial charge on any atom is -0.504 e. The standard InChI is InChI=1S/C11H14O3/c12-9-5-3-4-8(10(9)13)11(14)6-1-2-7-11/h3-5,12-14H,1-2,6-7H2. The maximum atomic E-state index is 10.2. The zero-order valence-electron chi connectivity index (χ0n) is 7.90. The highest BCUT2D eigenvalue weighted by molar-refractivity contribution is 5.47. The van der Waals surface area contributed by atoms with Crippen LogP contribution >= 0.6 is 0 Å². The van der Waals surface area contributed by atoms with Crippen LogP contribution in [0.25, 0.3) is 0 Å². The Kier molecular flexibility index (Phi) is 2.11. The number of rotatable bonds is 1. The molecule has 3 N–H and O–H groups in total. The zero-order chi connectivity index (χ0) is 10.2. The smallest absolute Gasteiger partial charge is 0.163 e. The molecule has 0 aromatic heterocycles. The van der Waals surface area contributed by atoms with Crippen LogP contribution in [0.15, 0.2) is 18.2 Å².